The average molecular weight is 367 g/mol. The molecule has 3 amide bonds. The van der Waals surface area contributed by atoms with Gasteiger partial charge in [0.2, 0.25) is 5.91 Å². The van der Waals surface area contributed by atoms with E-state index in [2.05, 4.69) is 16.0 Å². The lowest BCUT2D eigenvalue weighted by atomic mass is 9.98. The second kappa shape index (κ2) is 8.33. The fraction of sp³-hybridized carbons (Fsp3) is 0.529. The molecule has 0 aromatic heterocycles. The minimum atomic E-state index is -3.07. The van der Waals surface area contributed by atoms with Gasteiger partial charge in [-0.2, -0.15) is 0 Å². The average Bonchev–Trinajstić information content (AvgIpc) is 2.91. The van der Waals surface area contributed by atoms with Gasteiger partial charge in [0.1, 0.15) is 6.04 Å². The fourth-order valence-electron chi connectivity index (χ4n) is 2.72. The van der Waals surface area contributed by atoms with Crippen molar-refractivity contribution in [2.45, 2.75) is 38.8 Å². The fourth-order valence-corrected chi connectivity index (χ4v) is 4.39. The summed E-state index contributed by atoms with van der Waals surface area (Å²) in [5, 5.41) is 8.13. The molecule has 0 aliphatic carbocycles. The summed E-state index contributed by atoms with van der Waals surface area (Å²) in [6, 6.07) is 7.40. The second-order valence-electron chi connectivity index (χ2n) is 6.44. The largest absolute Gasteiger partial charge is 0.334 e. The summed E-state index contributed by atoms with van der Waals surface area (Å²) in [5.41, 5.74) is 0.657. The van der Waals surface area contributed by atoms with Crippen molar-refractivity contribution in [1.29, 1.82) is 0 Å². The van der Waals surface area contributed by atoms with Crippen LogP contribution in [0.5, 0.6) is 0 Å². The number of rotatable bonds is 6. The van der Waals surface area contributed by atoms with Crippen molar-refractivity contribution in [2.24, 2.45) is 5.92 Å². The Bertz CT molecular complexity index is 706. The van der Waals surface area contributed by atoms with Crippen LogP contribution in [-0.4, -0.2) is 43.9 Å². The maximum absolute atomic E-state index is 12.5. The molecule has 3 N–H and O–H groups in total. The van der Waals surface area contributed by atoms with Gasteiger partial charge in [-0.3, -0.25) is 4.79 Å². The normalized spacial score (nSPS) is 21.1. The molecule has 138 valence electrons. The van der Waals surface area contributed by atoms with E-state index < -0.39 is 28.0 Å². The molecule has 1 fully saturated rings. The van der Waals surface area contributed by atoms with Crippen molar-refractivity contribution in [3.05, 3.63) is 30.3 Å². The number of hydrogen-bond acceptors (Lipinski definition) is 4. The Labute approximate surface area is 148 Å². The van der Waals surface area contributed by atoms with Crippen LogP contribution in [0.15, 0.2) is 30.3 Å². The van der Waals surface area contributed by atoms with E-state index in [9.17, 15) is 18.0 Å². The Kier molecular flexibility index (Phi) is 6.41. The Hall–Kier alpha value is -2.09. The van der Waals surface area contributed by atoms with E-state index in [4.69, 9.17) is 0 Å². The van der Waals surface area contributed by atoms with Gasteiger partial charge in [0, 0.05) is 11.7 Å². The molecule has 7 nitrogen and oxygen atoms in total. The highest BCUT2D eigenvalue weighted by atomic mass is 32.2. The number of nitrogens with one attached hydrogen (secondary N) is 3. The standard InChI is InChI=1S/C17H25N3O4S/c1-3-12(2)15(16(21)18-13-7-5-4-6-8-13)20-17(22)19-14-9-10-25(23,24)11-14/h4-8,12,14-15H,3,9-11H2,1-2H3,(H,18,21)(H2,19,20,22)/t12-,14-,15+/m1/s1. The highest BCUT2D eigenvalue weighted by Gasteiger charge is 2.31. The molecule has 1 aromatic carbocycles. The van der Waals surface area contributed by atoms with Crippen LogP contribution >= 0.6 is 0 Å². The summed E-state index contributed by atoms with van der Waals surface area (Å²) < 4.78 is 22.9. The van der Waals surface area contributed by atoms with Crippen LogP contribution in [0, 0.1) is 5.92 Å². The van der Waals surface area contributed by atoms with Crippen LogP contribution in [0.1, 0.15) is 26.7 Å². The van der Waals surface area contributed by atoms with Crippen molar-refractivity contribution < 1.29 is 18.0 Å². The zero-order valence-corrected chi connectivity index (χ0v) is 15.3. The van der Waals surface area contributed by atoms with E-state index in [1.807, 2.05) is 32.0 Å². The monoisotopic (exact) mass is 367 g/mol. The van der Waals surface area contributed by atoms with E-state index in [0.717, 1.165) is 0 Å². The molecule has 3 atom stereocenters. The van der Waals surface area contributed by atoms with Gasteiger partial charge in [0.25, 0.3) is 0 Å². The summed E-state index contributed by atoms with van der Waals surface area (Å²) in [5.74, 6) is -0.331. The smallest absolute Gasteiger partial charge is 0.315 e. The lowest BCUT2D eigenvalue weighted by molar-refractivity contribution is -0.119. The maximum Gasteiger partial charge on any atom is 0.315 e. The molecule has 2 rings (SSSR count). The van der Waals surface area contributed by atoms with Gasteiger partial charge in [-0.15, -0.1) is 0 Å². The molecule has 0 unspecified atom stereocenters. The Morgan fingerprint density at radius 2 is 1.92 bits per heavy atom. The predicted octanol–water partition coefficient (Wildman–Crippen LogP) is 1.53. The number of anilines is 1. The Morgan fingerprint density at radius 1 is 1.24 bits per heavy atom. The number of urea groups is 1. The summed E-state index contributed by atoms with van der Waals surface area (Å²) in [6.45, 7) is 3.83. The molecule has 0 radical (unpaired) electrons. The van der Waals surface area contributed by atoms with E-state index in [1.165, 1.54) is 0 Å². The van der Waals surface area contributed by atoms with Crippen molar-refractivity contribution in [2.75, 3.05) is 16.8 Å². The summed E-state index contributed by atoms with van der Waals surface area (Å²) in [6.07, 6.45) is 1.12. The number of amides is 3. The molecule has 25 heavy (non-hydrogen) atoms. The minimum absolute atomic E-state index is 0.0510. The lowest BCUT2D eigenvalue weighted by Crippen LogP contribution is -2.53. The van der Waals surface area contributed by atoms with Gasteiger partial charge in [-0.1, -0.05) is 38.5 Å². The zero-order chi connectivity index (χ0) is 18.4. The van der Waals surface area contributed by atoms with Crippen LogP contribution in [0.3, 0.4) is 0 Å². The van der Waals surface area contributed by atoms with Gasteiger partial charge < -0.3 is 16.0 Å². The van der Waals surface area contributed by atoms with Gasteiger partial charge in [-0.05, 0) is 24.5 Å². The number of carbonyl (C=O) groups is 2. The second-order valence-corrected chi connectivity index (χ2v) is 8.66. The molecular weight excluding hydrogens is 342 g/mol. The zero-order valence-electron chi connectivity index (χ0n) is 14.5. The van der Waals surface area contributed by atoms with E-state index in [1.54, 1.807) is 12.1 Å². The van der Waals surface area contributed by atoms with Crippen molar-refractivity contribution in [3.63, 3.8) is 0 Å². The molecule has 0 bridgehead atoms. The first kappa shape index (κ1) is 19.2. The number of para-hydroxylation sites is 1. The quantitative estimate of drug-likeness (QED) is 0.709. The van der Waals surface area contributed by atoms with Crippen LogP contribution in [-0.2, 0) is 14.6 Å². The molecule has 0 saturated carbocycles. The third-order valence-electron chi connectivity index (χ3n) is 4.39. The van der Waals surface area contributed by atoms with Crippen LogP contribution < -0.4 is 16.0 Å². The molecule has 1 saturated heterocycles. The topological polar surface area (TPSA) is 104 Å². The number of sulfone groups is 1. The van der Waals surface area contributed by atoms with Crippen LogP contribution in [0.2, 0.25) is 0 Å². The van der Waals surface area contributed by atoms with Gasteiger partial charge in [0.05, 0.1) is 11.5 Å². The molecule has 1 aromatic rings. The predicted molar refractivity (Wildman–Crippen MR) is 97.0 cm³/mol. The summed E-state index contributed by atoms with van der Waals surface area (Å²) in [7, 11) is -3.07. The summed E-state index contributed by atoms with van der Waals surface area (Å²) in [4.78, 5) is 24.7. The van der Waals surface area contributed by atoms with Crippen LogP contribution in [0.25, 0.3) is 0 Å². The van der Waals surface area contributed by atoms with Crippen molar-refractivity contribution in [1.82, 2.24) is 10.6 Å². The van der Waals surface area contributed by atoms with E-state index in [-0.39, 0.29) is 23.3 Å². The molecule has 0 spiro atoms. The Balaban J connectivity index is 1.97. The highest BCUT2D eigenvalue weighted by molar-refractivity contribution is 7.91. The first-order valence-corrected chi connectivity index (χ1v) is 10.3. The molecule has 1 heterocycles. The first-order chi connectivity index (χ1) is 11.8. The minimum Gasteiger partial charge on any atom is -0.334 e. The maximum atomic E-state index is 12.5. The first-order valence-electron chi connectivity index (χ1n) is 8.44. The Morgan fingerprint density at radius 3 is 2.48 bits per heavy atom. The number of benzene rings is 1. The molecular formula is C17H25N3O4S. The van der Waals surface area contributed by atoms with E-state index in [0.29, 0.717) is 18.5 Å². The third-order valence-corrected chi connectivity index (χ3v) is 6.16. The molecule has 1 aliphatic heterocycles. The van der Waals surface area contributed by atoms with Crippen LogP contribution in [0.4, 0.5) is 10.5 Å². The molecule has 8 heteroatoms. The van der Waals surface area contributed by atoms with E-state index >= 15 is 0 Å². The number of hydrogen-bond donors (Lipinski definition) is 3. The highest BCUT2D eigenvalue weighted by Crippen LogP contribution is 2.13. The van der Waals surface area contributed by atoms with Crippen molar-refractivity contribution >= 4 is 27.5 Å². The summed E-state index contributed by atoms with van der Waals surface area (Å²) >= 11 is 0. The molecule has 1 aliphatic rings. The lowest BCUT2D eigenvalue weighted by Gasteiger charge is -2.24. The SMILES string of the molecule is CC[C@@H](C)[C@H](NC(=O)N[C@@H]1CCS(=O)(=O)C1)C(=O)Nc1ccccc1. The van der Waals surface area contributed by atoms with Gasteiger partial charge in [0.15, 0.2) is 9.84 Å². The van der Waals surface area contributed by atoms with Gasteiger partial charge >= 0.3 is 6.03 Å². The van der Waals surface area contributed by atoms with Crippen molar-refractivity contribution in [3.8, 4) is 0 Å². The third kappa shape index (κ3) is 5.74. The van der Waals surface area contributed by atoms with Gasteiger partial charge in [-0.25, -0.2) is 13.2 Å². The number of carbonyl (C=O) groups excluding carboxylic acids is 2.